The Labute approximate surface area is 236 Å². The number of ether oxygens (including phenoxy) is 1. The van der Waals surface area contributed by atoms with E-state index in [1.165, 1.54) is 18.5 Å². The van der Waals surface area contributed by atoms with Crippen molar-refractivity contribution < 1.29 is 18.3 Å². The highest BCUT2D eigenvalue weighted by Crippen LogP contribution is 2.35. The molecule has 2 N–H and O–H groups in total. The molecule has 0 saturated carbocycles. The van der Waals surface area contributed by atoms with Gasteiger partial charge in [0.15, 0.2) is 11.6 Å². The van der Waals surface area contributed by atoms with Crippen LogP contribution in [0.25, 0.3) is 22.2 Å². The average Bonchev–Trinajstić information content (AvgIpc) is 3.55. The van der Waals surface area contributed by atoms with Crippen molar-refractivity contribution in [1.29, 1.82) is 5.26 Å². The van der Waals surface area contributed by atoms with Crippen LogP contribution in [-0.2, 0) is 11.3 Å². The van der Waals surface area contributed by atoms with E-state index >= 15 is 0 Å². The lowest BCUT2D eigenvalue weighted by atomic mass is 9.93. The lowest BCUT2D eigenvalue weighted by molar-refractivity contribution is -0.127. The molecule has 210 valence electrons. The summed E-state index contributed by atoms with van der Waals surface area (Å²) < 4.78 is 35.1. The van der Waals surface area contributed by atoms with E-state index in [9.17, 15) is 18.8 Å². The zero-order chi connectivity index (χ0) is 29.3. The van der Waals surface area contributed by atoms with Crippen molar-refractivity contribution in [2.45, 2.75) is 46.2 Å². The van der Waals surface area contributed by atoms with Crippen molar-refractivity contribution in [1.82, 2.24) is 19.4 Å². The summed E-state index contributed by atoms with van der Waals surface area (Å²) >= 11 is 0. The number of nitrogen functional groups attached to an aromatic ring is 1. The molecule has 2 aromatic heterocycles. The number of nitriles is 1. The number of likely N-dealkylation sites (tertiary alicyclic amines) is 1. The minimum Gasteiger partial charge on any atom is -0.454 e. The topological polar surface area (TPSA) is 110 Å². The molecule has 41 heavy (non-hydrogen) atoms. The summed E-state index contributed by atoms with van der Waals surface area (Å²) in [5, 5.41) is 10.3. The third kappa shape index (κ3) is 5.75. The van der Waals surface area contributed by atoms with Crippen molar-refractivity contribution in [3.63, 3.8) is 0 Å². The van der Waals surface area contributed by atoms with E-state index in [-0.39, 0.29) is 28.7 Å². The van der Waals surface area contributed by atoms with Crippen LogP contribution in [0.15, 0.2) is 66.6 Å². The highest BCUT2D eigenvalue weighted by molar-refractivity contribution is 6.01. The Bertz CT molecular complexity index is 1680. The minimum absolute atomic E-state index is 0.129. The Balaban J connectivity index is 1.44. The predicted octanol–water partition coefficient (Wildman–Crippen LogP) is 6.24. The van der Waals surface area contributed by atoms with Crippen molar-refractivity contribution in [2.24, 2.45) is 5.41 Å². The first kappa shape index (κ1) is 27.8. The van der Waals surface area contributed by atoms with Crippen LogP contribution < -0.4 is 10.5 Å². The van der Waals surface area contributed by atoms with Crippen molar-refractivity contribution in [2.75, 3.05) is 12.3 Å². The molecule has 8 nitrogen and oxygen atoms in total. The first-order chi connectivity index (χ1) is 19.6. The molecule has 1 saturated heterocycles. The number of hydrogen-bond donors (Lipinski definition) is 1. The molecule has 1 atom stereocenters. The standard InChI is InChI=1S/C31H30F2N6O2/c1-31(2,3)14-20(15-34)30(40)39-13-5-6-21(39)16-38-17-23(26-28(35)36-18-37-29(26)38)19-9-11-22(12-10-19)41-25-8-4-7-24(32)27(25)33/h4,7-12,14,17-18,21H,5-6,13,16H2,1-3H3,(H2,35,36,37)/b20-14+/t21-/m1/s1. The maximum atomic E-state index is 14.1. The molecule has 0 bridgehead atoms. The summed E-state index contributed by atoms with van der Waals surface area (Å²) in [6.45, 7) is 6.90. The van der Waals surface area contributed by atoms with Crippen LogP contribution in [-0.4, -0.2) is 37.9 Å². The summed E-state index contributed by atoms with van der Waals surface area (Å²) in [5.41, 5.74) is 8.34. The first-order valence-corrected chi connectivity index (χ1v) is 13.3. The highest BCUT2D eigenvalue weighted by atomic mass is 19.2. The highest BCUT2D eigenvalue weighted by Gasteiger charge is 2.32. The van der Waals surface area contributed by atoms with Gasteiger partial charge in [0.1, 0.15) is 35.2 Å². The molecule has 5 rings (SSSR count). The fraction of sp³-hybridized carbons (Fsp3) is 0.290. The van der Waals surface area contributed by atoms with Gasteiger partial charge in [0.2, 0.25) is 5.82 Å². The van der Waals surface area contributed by atoms with E-state index in [0.717, 1.165) is 30.0 Å². The average molecular weight is 557 g/mol. The van der Waals surface area contributed by atoms with Crippen molar-refractivity contribution >= 4 is 22.8 Å². The lowest BCUT2D eigenvalue weighted by Crippen LogP contribution is -2.39. The molecule has 1 amide bonds. The van der Waals surface area contributed by atoms with Crippen LogP contribution in [0, 0.1) is 28.4 Å². The first-order valence-electron chi connectivity index (χ1n) is 13.3. The molecule has 3 heterocycles. The summed E-state index contributed by atoms with van der Waals surface area (Å²) in [6.07, 6.45) is 6.67. The van der Waals surface area contributed by atoms with Crippen LogP contribution in [0.2, 0.25) is 0 Å². The second-order valence-corrected chi connectivity index (χ2v) is 11.2. The summed E-state index contributed by atoms with van der Waals surface area (Å²) in [7, 11) is 0. The van der Waals surface area contributed by atoms with Gasteiger partial charge < -0.3 is 19.9 Å². The number of amides is 1. The second kappa shape index (κ2) is 11.0. The lowest BCUT2D eigenvalue weighted by Gasteiger charge is -2.26. The Hall–Kier alpha value is -4.78. The quantitative estimate of drug-likeness (QED) is 0.222. The van der Waals surface area contributed by atoms with E-state index in [4.69, 9.17) is 10.5 Å². The van der Waals surface area contributed by atoms with Gasteiger partial charge in [-0.2, -0.15) is 9.65 Å². The van der Waals surface area contributed by atoms with E-state index in [0.29, 0.717) is 35.7 Å². The number of anilines is 1. The normalized spacial score (nSPS) is 15.8. The monoisotopic (exact) mass is 556 g/mol. The van der Waals surface area contributed by atoms with Gasteiger partial charge in [-0.05, 0) is 48.1 Å². The Kier molecular flexibility index (Phi) is 7.45. The number of rotatable bonds is 6. The van der Waals surface area contributed by atoms with Gasteiger partial charge in [0.25, 0.3) is 5.91 Å². The minimum atomic E-state index is -1.06. The molecule has 0 spiro atoms. The van der Waals surface area contributed by atoms with E-state index < -0.39 is 11.6 Å². The maximum absolute atomic E-state index is 14.1. The summed E-state index contributed by atoms with van der Waals surface area (Å²) in [4.78, 5) is 23.8. The molecular formula is C31H30F2N6O2. The van der Waals surface area contributed by atoms with Gasteiger partial charge >= 0.3 is 0 Å². The van der Waals surface area contributed by atoms with Crippen molar-refractivity contribution in [3.05, 3.63) is 78.3 Å². The van der Waals surface area contributed by atoms with Gasteiger partial charge in [-0.15, -0.1) is 0 Å². The fourth-order valence-corrected chi connectivity index (χ4v) is 5.15. The zero-order valence-corrected chi connectivity index (χ0v) is 23.1. The number of aromatic nitrogens is 3. The predicted molar refractivity (Wildman–Crippen MR) is 152 cm³/mol. The maximum Gasteiger partial charge on any atom is 0.264 e. The van der Waals surface area contributed by atoms with Gasteiger partial charge in [-0.25, -0.2) is 14.4 Å². The summed E-state index contributed by atoms with van der Waals surface area (Å²) in [5.74, 6) is -1.87. The van der Waals surface area contributed by atoms with Gasteiger partial charge in [-0.1, -0.05) is 45.0 Å². The Morgan fingerprint density at radius 2 is 1.95 bits per heavy atom. The van der Waals surface area contributed by atoms with E-state index in [1.54, 1.807) is 35.2 Å². The number of nitrogens with zero attached hydrogens (tertiary/aromatic N) is 5. The molecule has 0 unspecified atom stereocenters. The summed E-state index contributed by atoms with van der Waals surface area (Å²) in [6, 6.07) is 12.6. The van der Waals surface area contributed by atoms with Gasteiger partial charge in [0, 0.05) is 24.8 Å². The SMILES string of the molecule is CC(C)(C)/C=C(\C#N)C(=O)N1CCC[C@@H]1Cn1cc(-c2ccc(Oc3cccc(F)c3F)cc2)c2c(N)ncnc21. The van der Waals surface area contributed by atoms with Gasteiger partial charge in [0.05, 0.1) is 11.4 Å². The largest absolute Gasteiger partial charge is 0.454 e. The Morgan fingerprint density at radius 3 is 2.66 bits per heavy atom. The van der Waals surface area contributed by atoms with E-state index in [2.05, 4.69) is 16.0 Å². The van der Waals surface area contributed by atoms with Crippen molar-refractivity contribution in [3.8, 4) is 28.7 Å². The molecule has 1 fully saturated rings. The zero-order valence-electron chi connectivity index (χ0n) is 23.1. The second-order valence-electron chi connectivity index (χ2n) is 11.2. The number of benzene rings is 2. The number of nitrogens with two attached hydrogens (primary N) is 1. The van der Waals surface area contributed by atoms with Crippen LogP contribution in [0.5, 0.6) is 11.5 Å². The number of allylic oxidation sites excluding steroid dienone is 1. The fourth-order valence-electron chi connectivity index (χ4n) is 5.15. The molecule has 0 aliphatic carbocycles. The molecule has 1 aliphatic heterocycles. The molecule has 0 radical (unpaired) electrons. The van der Waals surface area contributed by atoms with Crippen LogP contribution >= 0.6 is 0 Å². The molecule has 2 aromatic carbocycles. The number of carbonyl (C=O) groups excluding carboxylic acids is 1. The van der Waals surface area contributed by atoms with Crippen LogP contribution in [0.1, 0.15) is 33.6 Å². The smallest absolute Gasteiger partial charge is 0.264 e. The Morgan fingerprint density at radius 1 is 1.20 bits per heavy atom. The molecule has 4 aromatic rings. The number of fused-ring (bicyclic) bond motifs is 1. The number of hydrogen-bond acceptors (Lipinski definition) is 6. The molecular weight excluding hydrogens is 526 g/mol. The van der Waals surface area contributed by atoms with Crippen LogP contribution in [0.4, 0.5) is 14.6 Å². The third-order valence-electron chi connectivity index (χ3n) is 6.97. The van der Waals surface area contributed by atoms with Gasteiger partial charge in [-0.3, -0.25) is 4.79 Å². The van der Waals surface area contributed by atoms with E-state index in [1.807, 2.05) is 31.5 Å². The number of halogens is 2. The third-order valence-corrected chi connectivity index (χ3v) is 6.97. The molecule has 10 heteroatoms. The number of carbonyl (C=O) groups is 1. The van der Waals surface area contributed by atoms with Crippen LogP contribution in [0.3, 0.4) is 0 Å². The molecule has 1 aliphatic rings.